The Bertz CT molecular complexity index is 267. The molecular formula is C13H26N2O2. The Hall–Kier alpha value is -0.610. The van der Waals surface area contributed by atoms with Crippen LogP contribution in [0.1, 0.15) is 34.1 Å². The summed E-state index contributed by atoms with van der Waals surface area (Å²) in [5, 5.41) is 3.05. The first-order valence-corrected chi connectivity index (χ1v) is 6.28. The molecule has 1 fully saturated rings. The van der Waals surface area contributed by atoms with Crippen LogP contribution < -0.4 is 11.1 Å². The van der Waals surface area contributed by atoms with Crippen molar-refractivity contribution in [2.24, 2.45) is 22.5 Å². The van der Waals surface area contributed by atoms with E-state index < -0.39 is 0 Å². The van der Waals surface area contributed by atoms with E-state index in [0.717, 1.165) is 6.42 Å². The minimum Gasteiger partial charge on any atom is -0.383 e. The minimum absolute atomic E-state index is 0.0321. The SMILES string of the molecule is COCC(CCN)NC(=O)C1C(C)(C)C1(C)C. The molecule has 0 aliphatic heterocycles. The largest absolute Gasteiger partial charge is 0.383 e. The lowest BCUT2D eigenvalue weighted by molar-refractivity contribution is -0.124. The van der Waals surface area contributed by atoms with Gasteiger partial charge in [0.15, 0.2) is 0 Å². The molecule has 3 N–H and O–H groups in total. The predicted octanol–water partition coefficient (Wildman–Crippen LogP) is 1.15. The van der Waals surface area contributed by atoms with Gasteiger partial charge in [-0.15, -0.1) is 0 Å². The molecule has 4 nitrogen and oxygen atoms in total. The highest BCUT2D eigenvalue weighted by Gasteiger charge is 2.68. The van der Waals surface area contributed by atoms with Crippen molar-refractivity contribution in [3.05, 3.63) is 0 Å². The summed E-state index contributed by atoms with van der Waals surface area (Å²) in [5.41, 5.74) is 5.69. The molecule has 1 saturated carbocycles. The molecule has 0 heterocycles. The van der Waals surface area contributed by atoms with Gasteiger partial charge in [-0.3, -0.25) is 4.79 Å². The fourth-order valence-corrected chi connectivity index (χ4v) is 2.74. The number of ether oxygens (including phenoxy) is 1. The first-order valence-electron chi connectivity index (χ1n) is 6.28. The Kier molecular flexibility index (Phi) is 4.20. The number of hydrogen-bond acceptors (Lipinski definition) is 3. The van der Waals surface area contributed by atoms with E-state index in [2.05, 4.69) is 33.0 Å². The Balaban J connectivity index is 2.55. The number of rotatable bonds is 6. The summed E-state index contributed by atoms with van der Waals surface area (Å²) in [7, 11) is 1.64. The molecule has 1 rings (SSSR count). The van der Waals surface area contributed by atoms with Gasteiger partial charge >= 0.3 is 0 Å². The summed E-state index contributed by atoms with van der Waals surface area (Å²) in [6, 6.07) is 0.0321. The van der Waals surface area contributed by atoms with Crippen LogP contribution in [-0.4, -0.2) is 32.2 Å². The summed E-state index contributed by atoms with van der Waals surface area (Å²) in [6.45, 7) is 9.66. The van der Waals surface area contributed by atoms with Crippen LogP contribution in [0.4, 0.5) is 0 Å². The van der Waals surface area contributed by atoms with E-state index in [4.69, 9.17) is 10.5 Å². The van der Waals surface area contributed by atoms with Crippen LogP contribution in [0.3, 0.4) is 0 Å². The number of amides is 1. The summed E-state index contributed by atoms with van der Waals surface area (Å²) < 4.78 is 5.09. The maximum absolute atomic E-state index is 12.2. The van der Waals surface area contributed by atoms with Gasteiger partial charge in [-0.05, 0) is 23.8 Å². The zero-order valence-corrected chi connectivity index (χ0v) is 11.7. The monoisotopic (exact) mass is 242 g/mol. The van der Waals surface area contributed by atoms with E-state index in [-0.39, 0.29) is 28.7 Å². The van der Waals surface area contributed by atoms with E-state index in [1.165, 1.54) is 0 Å². The maximum atomic E-state index is 12.2. The van der Waals surface area contributed by atoms with Gasteiger partial charge in [0.05, 0.1) is 12.6 Å². The van der Waals surface area contributed by atoms with Crippen molar-refractivity contribution in [2.45, 2.75) is 40.2 Å². The van der Waals surface area contributed by atoms with E-state index in [9.17, 15) is 4.79 Å². The summed E-state index contributed by atoms with van der Waals surface area (Å²) in [4.78, 5) is 12.2. The lowest BCUT2D eigenvalue weighted by Gasteiger charge is -2.17. The summed E-state index contributed by atoms with van der Waals surface area (Å²) in [6.07, 6.45) is 0.757. The van der Waals surface area contributed by atoms with Crippen LogP contribution >= 0.6 is 0 Å². The molecule has 1 aliphatic carbocycles. The number of nitrogens with two attached hydrogens (primary N) is 1. The minimum atomic E-state index is 0.0321. The molecule has 0 bridgehead atoms. The highest BCUT2D eigenvalue weighted by molar-refractivity contribution is 5.84. The second-order valence-corrected chi connectivity index (χ2v) is 6.11. The molecule has 1 atom stereocenters. The molecule has 0 saturated heterocycles. The van der Waals surface area contributed by atoms with Gasteiger partial charge in [0.1, 0.15) is 0 Å². The quantitative estimate of drug-likeness (QED) is 0.734. The van der Waals surface area contributed by atoms with Crippen molar-refractivity contribution in [3.63, 3.8) is 0 Å². The van der Waals surface area contributed by atoms with Crippen LogP contribution in [0.2, 0.25) is 0 Å². The van der Waals surface area contributed by atoms with Crippen molar-refractivity contribution < 1.29 is 9.53 Å². The van der Waals surface area contributed by atoms with Gasteiger partial charge < -0.3 is 15.8 Å². The Morgan fingerprint density at radius 2 is 1.88 bits per heavy atom. The molecule has 1 aliphatic rings. The summed E-state index contributed by atoms with van der Waals surface area (Å²) >= 11 is 0. The molecule has 0 spiro atoms. The second-order valence-electron chi connectivity index (χ2n) is 6.11. The maximum Gasteiger partial charge on any atom is 0.224 e. The van der Waals surface area contributed by atoms with Gasteiger partial charge in [-0.2, -0.15) is 0 Å². The predicted molar refractivity (Wildman–Crippen MR) is 68.5 cm³/mol. The molecule has 100 valence electrons. The van der Waals surface area contributed by atoms with E-state index in [1.807, 2.05) is 0 Å². The molecule has 4 heteroatoms. The van der Waals surface area contributed by atoms with Gasteiger partial charge in [0.2, 0.25) is 5.91 Å². The molecule has 0 radical (unpaired) electrons. The Morgan fingerprint density at radius 1 is 1.35 bits per heavy atom. The number of carbonyl (C=O) groups is 1. The van der Waals surface area contributed by atoms with E-state index >= 15 is 0 Å². The molecule has 1 unspecified atom stereocenters. The zero-order chi connectivity index (χ0) is 13.3. The smallest absolute Gasteiger partial charge is 0.224 e. The normalized spacial score (nSPS) is 23.2. The number of hydrogen-bond donors (Lipinski definition) is 2. The Morgan fingerprint density at radius 3 is 2.24 bits per heavy atom. The van der Waals surface area contributed by atoms with Crippen LogP contribution in [0, 0.1) is 16.7 Å². The van der Waals surface area contributed by atoms with Crippen molar-refractivity contribution in [2.75, 3.05) is 20.3 Å². The Labute approximate surface area is 104 Å². The number of methoxy groups -OCH3 is 1. The van der Waals surface area contributed by atoms with Crippen LogP contribution in [-0.2, 0) is 9.53 Å². The topological polar surface area (TPSA) is 64.3 Å². The fraction of sp³-hybridized carbons (Fsp3) is 0.923. The third-order valence-electron chi connectivity index (χ3n) is 4.51. The van der Waals surface area contributed by atoms with Crippen molar-refractivity contribution in [1.82, 2.24) is 5.32 Å². The number of nitrogens with one attached hydrogen (secondary N) is 1. The van der Waals surface area contributed by atoms with Crippen molar-refractivity contribution in [1.29, 1.82) is 0 Å². The van der Waals surface area contributed by atoms with Crippen LogP contribution in [0.5, 0.6) is 0 Å². The lowest BCUT2D eigenvalue weighted by atomic mass is 10.0. The van der Waals surface area contributed by atoms with Gasteiger partial charge in [0.25, 0.3) is 0 Å². The molecule has 1 amide bonds. The average molecular weight is 242 g/mol. The molecular weight excluding hydrogens is 216 g/mol. The standard InChI is InChI=1S/C13H26N2O2/c1-12(2)10(13(12,3)4)11(16)15-9(6-7-14)8-17-5/h9-10H,6-8,14H2,1-5H3,(H,15,16). The highest BCUT2D eigenvalue weighted by atomic mass is 16.5. The molecule has 0 aromatic carbocycles. The van der Waals surface area contributed by atoms with Crippen LogP contribution in [0.25, 0.3) is 0 Å². The zero-order valence-electron chi connectivity index (χ0n) is 11.7. The first-order chi connectivity index (χ1) is 7.79. The third kappa shape index (κ3) is 2.63. The third-order valence-corrected chi connectivity index (χ3v) is 4.51. The fourth-order valence-electron chi connectivity index (χ4n) is 2.74. The van der Waals surface area contributed by atoms with Crippen LogP contribution in [0.15, 0.2) is 0 Å². The highest BCUT2D eigenvalue weighted by Crippen LogP contribution is 2.68. The first kappa shape index (κ1) is 14.5. The van der Waals surface area contributed by atoms with Gasteiger partial charge in [-0.25, -0.2) is 0 Å². The summed E-state index contributed by atoms with van der Waals surface area (Å²) in [5.74, 6) is 0.225. The second kappa shape index (κ2) is 4.94. The number of carbonyl (C=O) groups excluding carboxylic acids is 1. The molecule has 0 aromatic heterocycles. The average Bonchev–Trinajstić information content (AvgIpc) is 2.57. The molecule has 17 heavy (non-hydrogen) atoms. The molecule has 0 aromatic rings. The lowest BCUT2D eigenvalue weighted by Crippen LogP contribution is -2.41. The van der Waals surface area contributed by atoms with Gasteiger partial charge in [-0.1, -0.05) is 27.7 Å². The van der Waals surface area contributed by atoms with Crippen molar-refractivity contribution >= 4 is 5.91 Å². The van der Waals surface area contributed by atoms with Crippen molar-refractivity contribution in [3.8, 4) is 0 Å². The van der Waals surface area contributed by atoms with E-state index in [0.29, 0.717) is 13.2 Å². The van der Waals surface area contributed by atoms with Gasteiger partial charge in [0, 0.05) is 13.0 Å². The van der Waals surface area contributed by atoms with E-state index in [1.54, 1.807) is 7.11 Å².